The second-order valence-electron chi connectivity index (χ2n) is 3.82. The molecular weight excluding hydrogens is 220 g/mol. The molecule has 1 heterocycles. The fourth-order valence-electron chi connectivity index (χ4n) is 1.94. The third kappa shape index (κ3) is 1.97. The monoisotopic (exact) mass is 230 g/mol. The lowest BCUT2D eigenvalue weighted by molar-refractivity contribution is -0.138. The fourth-order valence-corrected chi connectivity index (χ4v) is 1.94. The van der Waals surface area contributed by atoms with Crippen molar-refractivity contribution in [1.29, 1.82) is 5.26 Å². The number of carbonyl (C=O) groups is 2. The molecule has 0 radical (unpaired) electrons. The summed E-state index contributed by atoms with van der Waals surface area (Å²) in [5.74, 6) is -1.19. The van der Waals surface area contributed by atoms with Crippen LogP contribution in [0.2, 0.25) is 0 Å². The molecule has 0 saturated carbocycles. The highest BCUT2D eigenvalue weighted by molar-refractivity contribution is 6.02. The normalized spacial score (nSPS) is 19.1. The van der Waals surface area contributed by atoms with Crippen LogP contribution in [0.25, 0.3) is 0 Å². The molecule has 0 bridgehead atoms. The summed E-state index contributed by atoms with van der Waals surface area (Å²) in [4.78, 5) is 23.9. The number of benzene rings is 1. The van der Waals surface area contributed by atoms with Crippen molar-refractivity contribution in [3.8, 4) is 6.07 Å². The Balaban J connectivity index is 2.33. The first-order chi connectivity index (χ1) is 8.13. The zero-order chi connectivity index (χ0) is 12.4. The van der Waals surface area contributed by atoms with Crippen LogP contribution in [0.5, 0.6) is 0 Å². The van der Waals surface area contributed by atoms with Gasteiger partial charge in [-0.2, -0.15) is 5.26 Å². The van der Waals surface area contributed by atoms with Crippen molar-refractivity contribution in [2.75, 3.05) is 4.90 Å². The van der Waals surface area contributed by atoms with Gasteiger partial charge in [0, 0.05) is 12.1 Å². The molecule has 1 amide bonds. The Bertz CT molecular complexity index is 501. The van der Waals surface area contributed by atoms with Gasteiger partial charge in [0.05, 0.1) is 11.6 Å². The third-order valence-corrected chi connectivity index (χ3v) is 2.77. The molecule has 17 heavy (non-hydrogen) atoms. The molecule has 2 rings (SSSR count). The molecule has 1 saturated heterocycles. The van der Waals surface area contributed by atoms with Gasteiger partial charge in [0.25, 0.3) is 0 Å². The van der Waals surface area contributed by atoms with Crippen LogP contribution in [0.4, 0.5) is 5.69 Å². The van der Waals surface area contributed by atoms with Crippen molar-refractivity contribution < 1.29 is 14.7 Å². The standard InChI is InChI=1S/C12H10N2O3/c13-7-8-1-3-9(4-2-8)14-10(12(16)17)5-6-11(14)15/h1-4,10H,5-6H2,(H,16,17). The van der Waals surface area contributed by atoms with Gasteiger partial charge < -0.3 is 5.11 Å². The Kier molecular flexibility index (Phi) is 2.79. The van der Waals surface area contributed by atoms with E-state index in [1.807, 2.05) is 6.07 Å². The van der Waals surface area contributed by atoms with E-state index in [0.717, 1.165) is 0 Å². The number of nitrogens with zero attached hydrogens (tertiary/aromatic N) is 2. The molecular formula is C12H10N2O3. The van der Waals surface area contributed by atoms with Gasteiger partial charge in [-0.25, -0.2) is 4.79 Å². The molecule has 5 nitrogen and oxygen atoms in total. The van der Waals surface area contributed by atoms with Gasteiger partial charge in [-0.15, -0.1) is 0 Å². The third-order valence-electron chi connectivity index (χ3n) is 2.77. The minimum atomic E-state index is -1.000. The number of aliphatic carboxylic acids is 1. The summed E-state index contributed by atoms with van der Waals surface area (Å²) >= 11 is 0. The highest BCUT2D eigenvalue weighted by atomic mass is 16.4. The average Bonchev–Trinajstić information content (AvgIpc) is 2.71. The first-order valence-corrected chi connectivity index (χ1v) is 5.18. The van der Waals surface area contributed by atoms with E-state index in [4.69, 9.17) is 10.4 Å². The number of anilines is 1. The molecule has 1 aliphatic heterocycles. The van der Waals surface area contributed by atoms with Crippen molar-refractivity contribution >= 4 is 17.6 Å². The van der Waals surface area contributed by atoms with Crippen LogP contribution in [-0.2, 0) is 9.59 Å². The van der Waals surface area contributed by atoms with Gasteiger partial charge in [-0.3, -0.25) is 9.69 Å². The smallest absolute Gasteiger partial charge is 0.326 e. The van der Waals surface area contributed by atoms with Crippen LogP contribution in [0.15, 0.2) is 24.3 Å². The van der Waals surface area contributed by atoms with E-state index in [2.05, 4.69) is 0 Å². The molecule has 1 atom stereocenters. The number of carbonyl (C=O) groups excluding carboxylic acids is 1. The summed E-state index contributed by atoms with van der Waals surface area (Å²) in [6.07, 6.45) is 0.575. The van der Waals surface area contributed by atoms with E-state index in [9.17, 15) is 9.59 Å². The maximum Gasteiger partial charge on any atom is 0.326 e. The second-order valence-corrected chi connectivity index (χ2v) is 3.82. The van der Waals surface area contributed by atoms with Crippen molar-refractivity contribution in [3.05, 3.63) is 29.8 Å². The van der Waals surface area contributed by atoms with Gasteiger partial charge in [0.1, 0.15) is 6.04 Å². The maximum atomic E-state index is 11.6. The van der Waals surface area contributed by atoms with Gasteiger partial charge in [-0.05, 0) is 30.7 Å². The number of hydrogen-bond donors (Lipinski definition) is 1. The molecule has 0 spiro atoms. The van der Waals surface area contributed by atoms with Gasteiger partial charge >= 0.3 is 5.97 Å². The molecule has 1 N–H and O–H groups in total. The van der Waals surface area contributed by atoms with E-state index >= 15 is 0 Å². The van der Waals surface area contributed by atoms with E-state index in [0.29, 0.717) is 17.7 Å². The average molecular weight is 230 g/mol. The molecule has 1 unspecified atom stereocenters. The van der Waals surface area contributed by atoms with Crippen molar-refractivity contribution in [2.45, 2.75) is 18.9 Å². The minimum absolute atomic E-state index is 0.192. The van der Waals surface area contributed by atoms with E-state index in [-0.39, 0.29) is 12.3 Å². The summed E-state index contributed by atoms with van der Waals surface area (Å²) in [6.45, 7) is 0. The summed E-state index contributed by atoms with van der Waals surface area (Å²) in [5, 5.41) is 17.7. The predicted octanol–water partition coefficient (Wildman–Crippen LogP) is 1.14. The minimum Gasteiger partial charge on any atom is -0.480 e. The lowest BCUT2D eigenvalue weighted by atomic mass is 10.2. The Morgan fingerprint density at radius 2 is 2.06 bits per heavy atom. The molecule has 5 heteroatoms. The van der Waals surface area contributed by atoms with Gasteiger partial charge in [0.15, 0.2) is 0 Å². The predicted molar refractivity (Wildman–Crippen MR) is 59.3 cm³/mol. The molecule has 1 fully saturated rings. The Hall–Kier alpha value is -2.35. The lowest BCUT2D eigenvalue weighted by Crippen LogP contribution is -2.38. The zero-order valence-electron chi connectivity index (χ0n) is 8.96. The summed E-state index contributed by atoms with van der Waals surface area (Å²) in [5.41, 5.74) is 1.01. The van der Waals surface area contributed by atoms with Crippen molar-refractivity contribution in [1.82, 2.24) is 0 Å². The Morgan fingerprint density at radius 1 is 1.41 bits per heavy atom. The number of rotatable bonds is 2. The summed E-state index contributed by atoms with van der Waals surface area (Å²) in [7, 11) is 0. The number of amides is 1. The lowest BCUT2D eigenvalue weighted by Gasteiger charge is -2.21. The Labute approximate surface area is 97.9 Å². The summed E-state index contributed by atoms with van der Waals surface area (Å²) in [6, 6.07) is 7.50. The van der Waals surface area contributed by atoms with Crippen molar-refractivity contribution in [2.24, 2.45) is 0 Å². The van der Waals surface area contributed by atoms with Crippen LogP contribution in [0.1, 0.15) is 18.4 Å². The van der Waals surface area contributed by atoms with Crippen LogP contribution >= 0.6 is 0 Å². The number of carboxylic acid groups (broad SMARTS) is 1. The summed E-state index contributed by atoms with van der Waals surface area (Å²) < 4.78 is 0. The second kappa shape index (κ2) is 4.26. The molecule has 1 aromatic carbocycles. The zero-order valence-corrected chi connectivity index (χ0v) is 8.96. The fraction of sp³-hybridized carbons (Fsp3) is 0.250. The SMILES string of the molecule is N#Cc1ccc(N2C(=O)CCC2C(=O)O)cc1. The topological polar surface area (TPSA) is 81.4 Å². The number of carboxylic acids is 1. The van der Waals surface area contributed by atoms with Crippen molar-refractivity contribution in [3.63, 3.8) is 0 Å². The van der Waals surface area contributed by atoms with E-state index in [1.54, 1.807) is 24.3 Å². The van der Waals surface area contributed by atoms with E-state index < -0.39 is 12.0 Å². The van der Waals surface area contributed by atoms with Crippen LogP contribution < -0.4 is 4.90 Å². The van der Waals surface area contributed by atoms with Gasteiger partial charge in [0.2, 0.25) is 5.91 Å². The first kappa shape index (κ1) is 11.1. The highest BCUT2D eigenvalue weighted by Crippen LogP contribution is 2.26. The van der Waals surface area contributed by atoms with Crippen LogP contribution in [0, 0.1) is 11.3 Å². The van der Waals surface area contributed by atoms with Crippen LogP contribution in [0.3, 0.4) is 0 Å². The molecule has 0 aliphatic carbocycles. The molecule has 0 aromatic heterocycles. The van der Waals surface area contributed by atoms with Gasteiger partial charge in [-0.1, -0.05) is 0 Å². The van der Waals surface area contributed by atoms with E-state index in [1.165, 1.54) is 4.90 Å². The Morgan fingerprint density at radius 3 is 2.59 bits per heavy atom. The highest BCUT2D eigenvalue weighted by Gasteiger charge is 2.36. The quantitative estimate of drug-likeness (QED) is 0.825. The molecule has 1 aromatic rings. The molecule has 86 valence electrons. The first-order valence-electron chi connectivity index (χ1n) is 5.18. The maximum absolute atomic E-state index is 11.6. The van der Waals surface area contributed by atoms with Crippen LogP contribution in [-0.4, -0.2) is 23.0 Å². The largest absolute Gasteiger partial charge is 0.480 e. The molecule has 1 aliphatic rings. The number of hydrogen-bond acceptors (Lipinski definition) is 3. The number of nitriles is 1.